The Morgan fingerprint density at radius 1 is 1.26 bits per heavy atom. The van der Waals surface area contributed by atoms with Crippen LogP contribution in [0.3, 0.4) is 0 Å². The lowest BCUT2D eigenvalue weighted by Crippen LogP contribution is -2.57. The van der Waals surface area contributed by atoms with Gasteiger partial charge in [0.25, 0.3) is 0 Å². The highest BCUT2D eigenvalue weighted by molar-refractivity contribution is 7.88. The first-order valence-electron chi connectivity index (χ1n) is 12.3. The van der Waals surface area contributed by atoms with Crippen molar-refractivity contribution in [1.82, 2.24) is 35.1 Å². The predicted molar refractivity (Wildman–Crippen MR) is 141 cm³/mol. The molecule has 0 spiro atoms. The minimum Gasteiger partial charge on any atom is -0.368 e. The number of hydrogen-bond donors (Lipinski definition) is 3. The lowest BCUT2D eigenvalue weighted by Gasteiger charge is -2.41. The molecule has 3 N–H and O–H groups in total. The van der Waals surface area contributed by atoms with Gasteiger partial charge in [-0.05, 0) is 37.1 Å². The number of anilines is 1. The highest BCUT2D eigenvalue weighted by Gasteiger charge is 2.41. The van der Waals surface area contributed by atoms with Crippen molar-refractivity contribution < 1.29 is 17.6 Å². The van der Waals surface area contributed by atoms with E-state index in [1.54, 1.807) is 18.5 Å². The van der Waals surface area contributed by atoms with Gasteiger partial charge in [-0.15, -0.1) is 21.5 Å². The fourth-order valence-electron chi connectivity index (χ4n) is 4.68. The maximum absolute atomic E-state index is 14.4. The fourth-order valence-corrected chi connectivity index (χ4v) is 6.34. The molecule has 1 aliphatic heterocycles. The smallest absolute Gasteiger partial charge is 0.238 e. The van der Waals surface area contributed by atoms with Gasteiger partial charge in [-0.25, -0.2) is 17.8 Å². The van der Waals surface area contributed by atoms with E-state index in [1.165, 1.54) is 21.7 Å². The van der Waals surface area contributed by atoms with Crippen LogP contribution in [0, 0.1) is 5.82 Å². The second-order valence-electron chi connectivity index (χ2n) is 9.60. The first-order valence-corrected chi connectivity index (χ1v) is 15.0. The molecule has 2 fully saturated rings. The lowest BCUT2D eigenvalue weighted by molar-refractivity contribution is -0.123. The molecule has 1 saturated carbocycles. The molecule has 4 heterocycles. The minimum absolute atomic E-state index is 0.104. The number of thiazole rings is 1. The maximum atomic E-state index is 14.4. The van der Waals surface area contributed by atoms with E-state index in [1.807, 2.05) is 12.1 Å². The molecule has 1 amide bonds. The molecule has 0 radical (unpaired) electrons. The van der Waals surface area contributed by atoms with Gasteiger partial charge in [-0.3, -0.25) is 9.78 Å². The van der Waals surface area contributed by atoms with Crippen LogP contribution in [0.5, 0.6) is 0 Å². The SMILES string of the molecule is CS(=O)(=O)N1CCN[C@H](C(=O)NCc2cnc(-c3ccc(NCC4(c5ncccc5F)CCC4)nn3)s2)C1. The van der Waals surface area contributed by atoms with Crippen LogP contribution in [-0.4, -0.2) is 77.3 Å². The van der Waals surface area contributed by atoms with Crippen molar-refractivity contribution in [3.8, 4) is 10.7 Å². The summed E-state index contributed by atoms with van der Waals surface area (Å²) in [6.07, 6.45) is 7.21. The van der Waals surface area contributed by atoms with Crippen LogP contribution in [0.25, 0.3) is 10.7 Å². The summed E-state index contributed by atoms with van der Waals surface area (Å²) in [7, 11) is -3.34. The summed E-state index contributed by atoms with van der Waals surface area (Å²) in [5.41, 5.74) is 0.763. The number of nitrogens with one attached hydrogen (secondary N) is 3. The molecule has 1 aliphatic carbocycles. The standard InChI is InChI=1S/C24H29FN8O3S2/c1-38(35,36)33-11-10-26-19(14-33)22(34)28-12-16-13-29-23(37-16)18-5-6-20(32-31-18)30-15-24(7-3-8-24)21-17(25)4-2-9-27-21/h2,4-6,9,13,19,26H,3,7-8,10-12,14-15H2,1H3,(H,28,34)(H,30,32)/t19-/m0/s1. The third kappa shape index (κ3) is 5.82. The van der Waals surface area contributed by atoms with Crippen molar-refractivity contribution in [3.63, 3.8) is 0 Å². The molecule has 1 saturated heterocycles. The number of nitrogens with zero attached hydrogens (tertiary/aromatic N) is 5. The van der Waals surface area contributed by atoms with E-state index >= 15 is 0 Å². The zero-order chi connectivity index (χ0) is 26.8. The Labute approximate surface area is 224 Å². The Hall–Kier alpha value is -3.07. The van der Waals surface area contributed by atoms with Crippen LogP contribution < -0.4 is 16.0 Å². The number of pyridine rings is 1. The van der Waals surface area contributed by atoms with Gasteiger partial charge in [0.05, 0.1) is 18.5 Å². The maximum Gasteiger partial charge on any atom is 0.238 e. The quantitative estimate of drug-likeness (QED) is 0.355. The molecular formula is C24H29FN8O3S2. The monoisotopic (exact) mass is 560 g/mol. The highest BCUT2D eigenvalue weighted by Crippen LogP contribution is 2.43. The summed E-state index contributed by atoms with van der Waals surface area (Å²) in [6.45, 7) is 1.66. The zero-order valence-corrected chi connectivity index (χ0v) is 22.5. The van der Waals surface area contributed by atoms with Crippen LogP contribution in [0.4, 0.5) is 10.2 Å². The number of aromatic nitrogens is 4. The van der Waals surface area contributed by atoms with Crippen molar-refractivity contribution in [1.29, 1.82) is 0 Å². The summed E-state index contributed by atoms with van der Waals surface area (Å²) < 4.78 is 39.2. The van der Waals surface area contributed by atoms with E-state index in [2.05, 4.69) is 36.1 Å². The van der Waals surface area contributed by atoms with Crippen LogP contribution in [0.2, 0.25) is 0 Å². The largest absolute Gasteiger partial charge is 0.368 e. The third-order valence-corrected chi connectivity index (χ3v) is 9.27. The Bertz CT molecular complexity index is 1400. The Morgan fingerprint density at radius 3 is 2.79 bits per heavy atom. The average Bonchev–Trinajstić information content (AvgIpc) is 3.37. The van der Waals surface area contributed by atoms with Gasteiger partial charge in [0.15, 0.2) is 0 Å². The predicted octanol–water partition coefficient (Wildman–Crippen LogP) is 1.52. The number of carbonyl (C=O) groups is 1. The number of halogens is 1. The van der Waals surface area contributed by atoms with E-state index in [9.17, 15) is 17.6 Å². The van der Waals surface area contributed by atoms with Crippen molar-refractivity contribution in [3.05, 3.63) is 53.0 Å². The molecule has 3 aromatic heterocycles. The van der Waals surface area contributed by atoms with E-state index in [0.717, 1.165) is 30.4 Å². The normalized spacial score (nSPS) is 19.5. The number of sulfonamides is 1. The van der Waals surface area contributed by atoms with Crippen molar-refractivity contribution in [2.75, 3.05) is 37.8 Å². The summed E-state index contributed by atoms with van der Waals surface area (Å²) >= 11 is 1.39. The Morgan fingerprint density at radius 2 is 2.11 bits per heavy atom. The molecule has 14 heteroatoms. The van der Waals surface area contributed by atoms with Crippen LogP contribution in [0.1, 0.15) is 29.8 Å². The van der Waals surface area contributed by atoms with Crippen molar-refractivity contribution in [2.45, 2.75) is 37.3 Å². The first kappa shape index (κ1) is 26.5. The molecule has 0 aromatic carbocycles. The first-order chi connectivity index (χ1) is 18.2. The average molecular weight is 561 g/mol. The van der Waals surface area contributed by atoms with Crippen LogP contribution >= 0.6 is 11.3 Å². The minimum atomic E-state index is -3.34. The fraction of sp³-hybridized carbons (Fsp3) is 0.458. The van der Waals surface area contributed by atoms with Gasteiger partial charge >= 0.3 is 0 Å². The summed E-state index contributed by atoms with van der Waals surface area (Å²) in [5, 5.41) is 18.4. The van der Waals surface area contributed by atoms with Gasteiger partial charge in [0.2, 0.25) is 15.9 Å². The van der Waals surface area contributed by atoms with Gasteiger partial charge in [0.1, 0.15) is 28.4 Å². The molecule has 11 nitrogen and oxygen atoms in total. The van der Waals surface area contributed by atoms with Crippen molar-refractivity contribution >= 4 is 33.1 Å². The van der Waals surface area contributed by atoms with Crippen LogP contribution in [0.15, 0.2) is 36.7 Å². The summed E-state index contributed by atoms with van der Waals surface area (Å²) in [4.78, 5) is 22.1. The second kappa shape index (κ2) is 11.0. The molecule has 38 heavy (non-hydrogen) atoms. The number of hydrogen-bond acceptors (Lipinski definition) is 10. The molecule has 0 unspecified atom stereocenters. The van der Waals surface area contributed by atoms with E-state index < -0.39 is 16.1 Å². The highest BCUT2D eigenvalue weighted by atomic mass is 32.2. The van der Waals surface area contributed by atoms with Gasteiger partial charge in [0, 0.05) is 48.9 Å². The second-order valence-corrected chi connectivity index (χ2v) is 12.7. The molecule has 3 aromatic rings. The molecule has 5 rings (SSSR count). The lowest BCUT2D eigenvalue weighted by atomic mass is 9.66. The number of amides is 1. The van der Waals surface area contributed by atoms with Gasteiger partial charge in [-0.2, -0.15) is 4.31 Å². The van der Waals surface area contributed by atoms with E-state index in [0.29, 0.717) is 41.8 Å². The van der Waals surface area contributed by atoms with Crippen LogP contribution in [-0.2, 0) is 26.8 Å². The molecule has 2 aliphatic rings. The van der Waals surface area contributed by atoms with Gasteiger partial charge in [-0.1, -0.05) is 6.42 Å². The number of rotatable bonds is 9. The Balaban J connectivity index is 1.15. The van der Waals surface area contributed by atoms with Crippen molar-refractivity contribution in [2.24, 2.45) is 0 Å². The topological polar surface area (TPSA) is 142 Å². The molecule has 0 bridgehead atoms. The summed E-state index contributed by atoms with van der Waals surface area (Å²) in [5.74, 6) is 0.0407. The summed E-state index contributed by atoms with van der Waals surface area (Å²) in [6, 6.07) is 6.07. The number of carbonyl (C=O) groups excluding carboxylic acids is 1. The van der Waals surface area contributed by atoms with E-state index in [4.69, 9.17) is 0 Å². The number of piperazine rings is 1. The zero-order valence-electron chi connectivity index (χ0n) is 20.9. The van der Waals surface area contributed by atoms with E-state index in [-0.39, 0.29) is 30.2 Å². The van der Waals surface area contributed by atoms with Gasteiger partial charge < -0.3 is 16.0 Å². The third-order valence-electron chi connectivity index (χ3n) is 6.98. The Kier molecular flexibility index (Phi) is 7.66. The molecule has 202 valence electrons. The molecule has 1 atom stereocenters. The molecular weight excluding hydrogens is 531 g/mol.